The molecule has 1 atom stereocenters. The molecule has 2 nitrogen and oxygen atoms in total. The fourth-order valence-electron chi connectivity index (χ4n) is 2.43. The van der Waals surface area contributed by atoms with Crippen LogP contribution >= 0.6 is 0 Å². The van der Waals surface area contributed by atoms with Gasteiger partial charge >= 0.3 is 0 Å². The van der Waals surface area contributed by atoms with E-state index in [-0.39, 0.29) is 0 Å². The van der Waals surface area contributed by atoms with Crippen LogP contribution in [0.3, 0.4) is 0 Å². The Morgan fingerprint density at radius 2 is 1.83 bits per heavy atom. The Labute approximate surface area is 73.9 Å². The average Bonchev–Trinajstić information content (AvgIpc) is 2.29. The molecule has 2 heteroatoms. The summed E-state index contributed by atoms with van der Waals surface area (Å²) in [6.45, 7) is 1.03. The van der Waals surface area contributed by atoms with Crippen LogP contribution < -0.4 is 0 Å². The zero-order valence-corrected chi connectivity index (χ0v) is 7.59. The molecule has 0 aromatic carbocycles. The van der Waals surface area contributed by atoms with Gasteiger partial charge in [-0.25, -0.2) is 0 Å². The van der Waals surface area contributed by atoms with Crippen molar-refractivity contribution >= 4 is 5.91 Å². The van der Waals surface area contributed by atoms with Gasteiger partial charge in [-0.15, -0.1) is 0 Å². The van der Waals surface area contributed by atoms with Gasteiger partial charge in [0.15, 0.2) is 0 Å². The lowest BCUT2D eigenvalue weighted by atomic mass is 9.99. The van der Waals surface area contributed by atoms with Crippen molar-refractivity contribution in [1.82, 2.24) is 4.90 Å². The molecule has 2 aliphatic heterocycles. The molecule has 0 bridgehead atoms. The number of rotatable bonds is 0. The maximum absolute atomic E-state index is 11.6. The predicted octanol–water partition coefficient (Wildman–Crippen LogP) is 1.94. The van der Waals surface area contributed by atoms with Crippen molar-refractivity contribution in [3.8, 4) is 0 Å². The Balaban J connectivity index is 2.06. The molecule has 0 aromatic rings. The number of carbonyl (C=O) groups is 1. The monoisotopic (exact) mass is 167 g/mol. The summed E-state index contributed by atoms with van der Waals surface area (Å²) in [4.78, 5) is 13.7. The first kappa shape index (κ1) is 8.09. The van der Waals surface area contributed by atoms with Crippen LogP contribution in [0.25, 0.3) is 0 Å². The van der Waals surface area contributed by atoms with Crippen LogP contribution in [-0.4, -0.2) is 23.4 Å². The van der Waals surface area contributed by atoms with Gasteiger partial charge in [-0.1, -0.05) is 6.42 Å². The smallest absolute Gasteiger partial charge is 0.222 e. The molecule has 0 unspecified atom stereocenters. The van der Waals surface area contributed by atoms with Gasteiger partial charge in [0.2, 0.25) is 5.91 Å². The molecule has 0 aliphatic carbocycles. The SMILES string of the molecule is O=C1CCCC[C@H]2CCCCN12. The van der Waals surface area contributed by atoms with E-state index in [1.807, 2.05) is 0 Å². The van der Waals surface area contributed by atoms with E-state index < -0.39 is 0 Å². The van der Waals surface area contributed by atoms with E-state index >= 15 is 0 Å². The lowest BCUT2D eigenvalue weighted by Crippen LogP contribution is -2.42. The van der Waals surface area contributed by atoms with Gasteiger partial charge < -0.3 is 4.90 Å². The minimum absolute atomic E-state index is 0.414. The van der Waals surface area contributed by atoms with E-state index in [0.717, 1.165) is 19.4 Å². The number of amides is 1. The fraction of sp³-hybridized carbons (Fsp3) is 0.900. The molecule has 12 heavy (non-hydrogen) atoms. The number of hydrogen-bond acceptors (Lipinski definition) is 1. The minimum Gasteiger partial charge on any atom is -0.340 e. The van der Waals surface area contributed by atoms with Crippen LogP contribution in [0.5, 0.6) is 0 Å². The first-order valence-corrected chi connectivity index (χ1v) is 5.17. The van der Waals surface area contributed by atoms with Gasteiger partial charge in [0.05, 0.1) is 0 Å². The first-order valence-electron chi connectivity index (χ1n) is 5.17. The van der Waals surface area contributed by atoms with Gasteiger partial charge in [0.25, 0.3) is 0 Å². The van der Waals surface area contributed by atoms with E-state index in [9.17, 15) is 4.79 Å². The van der Waals surface area contributed by atoms with Crippen LogP contribution in [0.4, 0.5) is 0 Å². The molecule has 0 aromatic heterocycles. The Hall–Kier alpha value is -0.530. The van der Waals surface area contributed by atoms with Crippen molar-refractivity contribution in [2.45, 2.75) is 51.0 Å². The van der Waals surface area contributed by atoms with Crippen molar-refractivity contribution in [2.24, 2.45) is 0 Å². The zero-order valence-electron chi connectivity index (χ0n) is 7.59. The third-order valence-electron chi connectivity index (χ3n) is 3.13. The molecular formula is C10H17NO. The predicted molar refractivity (Wildman–Crippen MR) is 47.8 cm³/mol. The minimum atomic E-state index is 0.414. The van der Waals surface area contributed by atoms with Crippen LogP contribution in [0.1, 0.15) is 44.9 Å². The molecule has 2 heterocycles. The van der Waals surface area contributed by atoms with Crippen molar-refractivity contribution in [3.63, 3.8) is 0 Å². The van der Waals surface area contributed by atoms with Gasteiger partial charge in [0.1, 0.15) is 0 Å². The molecule has 2 saturated heterocycles. The maximum Gasteiger partial charge on any atom is 0.222 e. The van der Waals surface area contributed by atoms with E-state index in [0.29, 0.717) is 11.9 Å². The third-order valence-corrected chi connectivity index (χ3v) is 3.13. The molecule has 1 amide bonds. The van der Waals surface area contributed by atoms with Crippen molar-refractivity contribution in [3.05, 3.63) is 0 Å². The molecule has 2 rings (SSSR count). The summed E-state index contributed by atoms with van der Waals surface area (Å²) in [5, 5.41) is 0. The second-order valence-corrected chi connectivity index (χ2v) is 3.98. The van der Waals surface area contributed by atoms with E-state index in [1.165, 1.54) is 32.1 Å². The second kappa shape index (κ2) is 3.46. The van der Waals surface area contributed by atoms with Crippen molar-refractivity contribution in [1.29, 1.82) is 0 Å². The first-order chi connectivity index (χ1) is 5.88. The van der Waals surface area contributed by atoms with E-state index in [1.54, 1.807) is 0 Å². The Morgan fingerprint density at radius 3 is 2.67 bits per heavy atom. The quantitative estimate of drug-likeness (QED) is 0.540. The second-order valence-electron chi connectivity index (χ2n) is 3.98. The summed E-state index contributed by atoms with van der Waals surface area (Å²) < 4.78 is 0. The summed E-state index contributed by atoms with van der Waals surface area (Å²) in [6.07, 6.45) is 8.24. The fourth-order valence-corrected chi connectivity index (χ4v) is 2.43. The Bertz CT molecular complexity index is 179. The largest absolute Gasteiger partial charge is 0.340 e. The van der Waals surface area contributed by atoms with Crippen LogP contribution in [-0.2, 0) is 4.79 Å². The Morgan fingerprint density at radius 1 is 1.08 bits per heavy atom. The normalized spacial score (nSPS) is 31.2. The summed E-state index contributed by atoms with van der Waals surface area (Å²) in [5.41, 5.74) is 0. The summed E-state index contributed by atoms with van der Waals surface area (Å²) in [5.74, 6) is 0.414. The highest BCUT2D eigenvalue weighted by Crippen LogP contribution is 2.25. The lowest BCUT2D eigenvalue weighted by molar-refractivity contribution is -0.134. The third kappa shape index (κ3) is 1.47. The highest BCUT2D eigenvalue weighted by atomic mass is 16.2. The highest BCUT2D eigenvalue weighted by molar-refractivity contribution is 5.76. The van der Waals surface area contributed by atoms with Gasteiger partial charge in [0, 0.05) is 19.0 Å². The number of hydrogen-bond donors (Lipinski definition) is 0. The number of fused-ring (bicyclic) bond motifs is 1. The molecule has 0 N–H and O–H groups in total. The molecule has 68 valence electrons. The van der Waals surface area contributed by atoms with Gasteiger partial charge in [-0.3, -0.25) is 4.79 Å². The topological polar surface area (TPSA) is 20.3 Å². The highest BCUT2D eigenvalue weighted by Gasteiger charge is 2.27. The summed E-state index contributed by atoms with van der Waals surface area (Å²) in [6, 6.07) is 0.605. The molecule has 2 fully saturated rings. The number of nitrogens with zero attached hydrogens (tertiary/aromatic N) is 1. The average molecular weight is 167 g/mol. The molecule has 0 radical (unpaired) electrons. The molecule has 0 spiro atoms. The lowest BCUT2D eigenvalue weighted by Gasteiger charge is -2.34. The zero-order chi connectivity index (χ0) is 8.39. The standard InChI is InChI=1S/C10H17NO/c12-10-7-2-1-5-9-6-3-4-8-11(9)10/h9H,1-8H2/t9-/m0/s1. The number of carbonyl (C=O) groups excluding carboxylic acids is 1. The summed E-state index contributed by atoms with van der Waals surface area (Å²) in [7, 11) is 0. The molecule has 0 saturated carbocycles. The van der Waals surface area contributed by atoms with Crippen LogP contribution in [0.2, 0.25) is 0 Å². The molecular weight excluding hydrogens is 150 g/mol. The summed E-state index contributed by atoms with van der Waals surface area (Å²) >= 11 is 0. The van der Waals surface area contributed by atoms with E-state index in [2.05, 4.69) is 4.90 Å². The van der Waals surface area contributed by atoms with Crippen molar-refractivity contribution < 1.29 is 4.79 Å². The van der Waals surface area contributed by atoms with E-state index in [4.69, 9.17) is 0 Å². The maximum atomic E-state index is 11.6. The van der Waals surface area contributed by atoms with Crippen LogP contribution in [0.15, 0.2) is 0 Å². The molecule has 2 aliphatic rings. The van der Waals surface area contributed by atoms with Gasteiger partial charge in [-0.05, 0) is 32.1 Å². The number of piperidine rings is 1. The van der Waals surface area contributed by atoms with Crippen molar-refractivity contribution in [2.75, 3.05) is 6.54 Å². The van der Waals surface area contributed by atoms with Crippen LogP contribution in [0, 0.1) is 0 Å². The Kier molecular flexibility index (Phi) is 2.33. The van der Waals surface area contributed by atoms with Gasteiger partial charge in [-0.2, -0.15) is 0 Å².